The minimum Gasteiger partial charge on any atom is -0.408 e. The highest BCUT2D eigenvalue weighted by Crippen LogP contribution is 2.27. The Morgan fingerprint density at radius 2 is 2.00 bits per heavy atom. The largest absolute Gasteiger partial charge is 0.417 e. The summed E-state index contributed by atoms with van der Waals surface area (Å²) in [6, 6.07) is 4.91. The first-order chi connectivity index (χ1) is 13.2. The predicted molar refractivity (Wildman–Crippen MR) is 98.3 cm³/mol. The zero-order valence-electron chi connectivity index (χ0n) is 14.7. The van der Waals surface area contributed by atoms with Crippen molar-refractivity contribution in [3.05, 3.63) is 48.3 Å². The van der Waals surface area contributed by atoms with Crippen LogP contribution in [-0.2, 0) is 10.2 Å². The van der Waals surface area contributed by atoms with Crippen LogP contribution in [0.5, 0.6) is 5.75 Å². The molecule has 28 heavy (non-hydrogen) atoms. The molecule has 9 nitrogen and oxygen atoms in total. The Kier molecular flexibility index (Phi) is 5.16. The van der Waals surface area contributed by atoms with E-state index >= 15 is 0 Å². The minimum atomic E-state index is -4.03. The second-order valence-electron chi connectivity index (χ2n) is 5.77. The summed E-state index contributed by atoms with van der Waals surface area (Å²) >= 11 is 0. The summed E-state index contributed by atoms with van der Waals surface area (Å²) in [7, 11) is -1.57. The van der Waals surface area contributed by atoms with Gasteiger partial charge in [-0.15, -0.1) is 0 Å². The van der Waals surface area contributed by atoms with Gasteiger partial charge in [0.1, 0.15) is 17.2 Å². The van der Waals surface area contributed by atoms with Crippen molar-refractivity contribution in [2.75, 3.05) is 24.1 Å². The first kappa shape index (κ1) is 19.5. The molecule has 0 radical (unpaired) electrons. The number of H-pyrrole nitrogens is 1. The number of nitrogens with one attached hydrogen (secondary N) is 3. The predicted octanol–water partition coefficient (Wildman–Crippen LogP) is 2.67. The summed E-state index contributed by atoms with van der Waals surface area (Å²) in [5.41, 5.74) is -0.828. The van der Waals surface area contributed by atoms with Crippen molar-refractivity contribution in [1.29, 1.82) is 0 Å². The molecule has 0 spiro atoms. The molecule has 3 aromatic rings. The summed E-state index contributed by atoms with van der Waals surface area (Å²) in [6.45, 7) is 0. The lowest BCUT2D eigenvalue weighted by atomic mass is 10.2. The van der Waals surface area contributed by atoms with Gasteiger partial charge < -0.3 is 9.72 Å². The highest BCUT2D eigenvalue weighted by Gasteiger charge is 2.21. The van der Waals surface area contributed by atoms with Gasteiger partial charge in [-0.05, 0) is 24.3 Å². The molecule has 12 heteroatoms. The van der Waals surface area contributed by atoms with Crippen LogP contribution in [0.25, 0.3) is 11.0 Å². The van der Waals surface area contributed by atoms with Crippen molar-refractivity contribution < 1.29 is 26.7 Å². The first-order valence-corrected chi connectivity index (χ1v) is 9.21. The van der Waals surface area contributed by atoms with E-state index in [1.165, 1.54) is 26.4 Å². The van der Waals surface area contributed by atoms with E-state index in [-0.39, 0.29) is 5.75 Å². The Bertz CT molecular complexity index is 1150. The van der Waals surface area contributed by atoms with Crippen molar-refractivity contribution >= 4 is 38.7 Å². The molecule has 0 saturated carbocycles. The van der Waals surface area contributed by atoms with E-state index in [9.17, 15) is 22.0 Å². The number of aromatic amines is 1. The van der Waals surface area contributed by atoms with Crippen LogP contribution >= 0.6 is 0 Å². The fraction of sp³-hybridized carbons (Fsp3) is 0.125. The van der Waals surface area contributed by atoms with Crippen LogP contribution in [0.15, 0.2) is 36.7 Å². The summed E-state index contributed by atoms with van der Waals surface area (Å²) in [6.07, 6.45) is 1.72. The molecule has 0 fully saturated rings. The SMILES string of the molecule is CN(C)S(=O)(=O)Nc1ccc(F)c(NC(=O)Oc2cnc3[nH]ccc3c2)c1F. The van der Waals surface area contributed by atoms with Crippen LogP contribution in [-0.4, -0.2) is 42.9 Å². The third-order valence-electron chi connectivity index (χ3n) is 3.62. The molecule has 0 unspecified atom stereocenters. The number of amides is 1. The van der Waals surface area contributed by atoms with Gasteiger partial charge in [-0.1, -0.05) is 0 Å². The third kappa shape index (κ3) is 4.02. The van der Waals surface area contributed by atoms with Gasteiger partial charge in [0.2, 0.25) is 0 Å². The van der Waals surface area contributed by atoms with Crippen molar-refractivity contribution in [3.8, 4) is 5.75 Å². The third-order valence-corrected chi connectivity index (χ3v) is 5.06. The number of ether oxygens (including phenoxy) is 1. The second-order valence-corrected chi connectivity index (χ2v) is 7.66. The Balaban J connectivity index is 1.80. The van der Waals surface area contributed by atoms with Crippen LogP contribution in [0.3, 0.4) is 0 Å². The number of carbonyl (C=O) groups excluding carboxylic acids is 1. The van der Waals surface area contributed by atoms with E-state index in [4.69, 9.17) is 4.74 Å². The first-order valence-electron chi connectivity index (χ1n) is 7.77. The summed E-state index contributed by atoms with van der Waals surface area (Å²) in [5, 5.41) is 2.60. The lowest BCUT2D eigenvalue weighted by Gasteiger charge is -2.15. The van der Waals surface area contributed by atoms with E-state index in [1.807, 2.05) is 10.0 Å². The number of hydrogen-bond donors (Lipinski definition) is 3. The number of rotatable bonds is 5. The molecular weight excluding hydrogens is 396 g/mol. The highest BCUT2D eigenvalue weighted by molar-refractivity contribution is 7.90. The molecule has 1 amide bonds. The normalized spacial score (nSPS) is 11.6. The highest BCUT2D eigenvalue weighted by atomic mass is 32.2. The number of hydrogen-bond acceptors (Lipinski definition) is 5. The summed E-state index contributed by atoms with van der Waals surface area (Å²) < 4.78 is 59.9. The molecule has 2 heterocycles. The molecule has 148 valence electrons. The van der Waals surface area contributed by atoms with Gasteiger partial charge >= 0.3 is 16.3 Å². The maximum Gasteiger partial charge on any atom is 0.417 e. The minimum absolute atomic E-state index is 0.0508. The fourth-order valence-corrected chi connectivity index (χ4v) is 2.80. The fourth-order valence-electron chi connectivity index (χ4n) is 2.19. The molecule has 3 N–H and O–H groups in total. The molecule has 0 atom stereocenters. The van der Waals surface area contributed by atoms with E-state index in [0.29, 0.717) is 11.0 Å². The summed E-state index contributed by atoms with van der Waals surface area (Å²) in [4.78, 5) is 18.9. The number of carbonyl (C=O) groups is 1. The molecule has 0 aliphatic carbocycles. The average Bonchev–Trinajstić information content (AvgIpc) is 3.08. The Hall–Kier alpha value is -3.25. The van der Waals surface area contributed by atoms with E-state index in [0.717, 1.165) is 16.4 Å². The number of pyridine rings is 1. The van der Waals surface area contributed by atoms with Crippen molar-refractivity contribution in [2.45, 2.75) is 0 Å². The van der Waals surface area contributed by atoms with Crippen LogP contribution in [0.1, 0.15) is 0 Å². The number of aromatic nitrogens is 2. The molecule has 0 aliphatic heterocycles. The van der Waals surface area contributed by atoms with Gasteiger partial charge in [0.05, 0.1) is 11.9 Å². The van der Waals surface area contributed by atoms with Crippen LogP contribution < -0.4 is 14.8 Å². The lowest BCUT2D eigenvalue weighted by Crippen LogP contribution is -2.29. The van der Waals surface area contributed by atoms with Gasteiger partial charge in [0.25, 0.3) is 0 Å². The molecule has 0 aliphatic rings. The quantitative estimate of drug-likeness (QED) is 0.597. The van der Waals surface area contributed by atoms with E-state index in [2.05, 4.69) is 9.97 Å². The number of anilines is 2. The van der Waals surface area contributed by atoms with Crippen LogP contribution in [0.4, 0.5) is 25.0 Å². The monoisotopic (exact) mass is 411 g/mol. The van der Waals surface area contributed by atoms with Crippen molar-refractivity contribution in [1.82, 2.24) is 14.3 Å². The zero-order chi connectivity index (χ0) is 20.5. The number of fused-ring (bicyclic) bond motifs is 1. The van der Waals surface area contributed by atoms with Crippen LogP contribution in [0.2, 0.25) is 0 Å². The number of nitrogens with zero attached hydrogens (tertiary/aromatic N) is 2. The van der Waals surface area contributed by atoms with Gasteiger partial charge in [0, 0.05) is 25.7 Å². The van der Waals surface area contributed by atoms with Crippen molar-refractivity contribution in [3.63, 3.8) is 0 Å². The van der Waals surface area contributed by atoms with Crippen LogP contribution in [0, 0.1) is 11.6 Å². The van der Waals surface area contributed by atoms with Gasteiger partial charge in [-0.25, -0.2) is 18.6 Å². The molecular formula is C16H15F2N5O4S. The topological polar surface area (TPSA) is 116 Å². The van der Waals surface area contributed by atoms with Gasteiger partial charge in [0.15, 0.2) is 11.6 Å². The molecule has 1 aromatic carbocycles. The smallest absolute Gasteiger partial charge is 0.408 e. The zero-order valence-corrected chi connectivity index (χ0v) is 15.5. The van der Waals surface area contributed by atoms with Gasteiger partial charge in [-0.2, -0.15) is 12.7 Å². The number of benzene rings is 1. The molecule has 0 bridgehead atoms. The van der Waals surface area contributed by atoms with Gasteiger partial charge in [-0.3, -0.25) is 10.0 Å². The standard InChI is InChI=1S/C16H15F2N5O4S/c1-23(2)28(25,26)22-12-4-3-11(17)14(13(12)18)21-16(24)27-10-7-9-5-6-19-15(9)20-8-10/h3-8,22H,1-2H3,(H,19,20)(H,21,24). The van der Waals surface area contributed by atoms with Crippen molar-refractivity contribution in [2.24, 2.45) is 0 Å². The molecule has 3 rings (SSSR count). The average molecular weight is 411 g/mol. The summed E-state index contributed by atoms with van der Waals surface area (Å²) in [5.74, 6) is -2.36. The maximum absolute atomic E-state index is 14.5. The second kappa shape index (κ2) is 7.40. The Morgan fingerprint density at radius 3 is 2.71 bits per heavy atom. The van der Waals surface area contributed by atoms with E-state index in [1.54, 1.807) is 12.3 Å². The number of halogens is 2. The Labute approximate surface area is 158 Å². The molecule has 2 aromatic heterocycles. The Morgan fingerprint density at radius 1 is 1.25 bits per heavy atom. The maximum atomic E-state index is 14.5. The lowest BCUT2D eigenvalue weighted by molar-refractivity contribution is 0.215. The van der Waals surface area contributed by atoms with E-state index < -0.39 is 39.3 Å². The molecule has 0 saturated heterocycles.